The SMILES string of the molecule is CCC(Nc1ccc(C)cc1)(C(N)=O)c1ccc(F)cn1. The van der Waals surface area contributed by atoms with E-state index in [1.807, 2.05) is 38.1 Å². The number of hydrogen-bond acceptors (Lipinski definition) is 3. The van der Waals surface area contributed by atoms with Crippen LogP contribution in [0.15, 0.2) is 42.6 Å². The van der Waals surface area contributed by atoms with Crippen molar-refractivity contribution in [2.24, 2.45) is 5.73 Å². The molecule has 5 heteroatoms. The molecule has 0 aliphatic heterocycles. The van der Waals surface area contributed by atoms with Crippen molar-refractivity contribution < 1.29 is 9.18 Å². The van der Waals surface area contributed by atoms with Crippen LogP contribution in [-0.4, -0.2) is 10.9 Å². The van der Waals surface area contributed by atoms with E-state index in [2.05, 4.69) is 10.3 Å². The van der Waals surface area contributed by atoms with Crippen LogP contribution in [0.2, 0.25) is 0 Å². The Morgan fingerprint density at radius 3 is 2.43 bits per heavy atom. The molecule has 3 N–H and O–H groups in total. The van der Waals surface area contributed by atoms with Crippen LogP contribution in [0.25, 0.3) is 0 Å². The van der Waals surface area contributed by atoms with Gasteiger partial charge in [0.1, 0.15) is 5.82 Å². The molecule has 0 aliphatic rings. The second kappa shape index (κ2) is 5.91. The molecule has 110 valence electrons. The number of pyridine rings is 1. The molecule has 1 amide bonds. The molecule has 21 heavy (non-hydrogen) atoms. The number of anilines is 1. The van der Waals surface area contributed by atoms with Crippen LogP contribution >= 0.6 is 0 Å². The van der Waals surface area contributed by atoms with Crippen LogP contribution in [0, 0.1) is 12.7 Å². The summed E-state index contributed by atoms with van der Waals surface area (Å²) in [5.41, 5.74) is 6.70. The molecule has 0 saturated carbocycles. The van der Waals surface area contributed by atoms with E-state index in [1.165, 1.54) is 12.1 Å². The van der Waals surface area contributed by atoms with Crippen LogP contribution in [0.3, 0.4) is 0 Å². The van der Waals surface area contributed by atoms with Crippen molar-refractivity contribution in [3.05, 3.63) is 59.7 Å². The van der Waals surface area contributed by atoms with Crippen molar-refractivity contribution in [3.63, 3.8) is 0 Å². The highest BCUT2D eigenvalue weighted by atomic mass is 19.1. The number of primary amides is 1. The summed E-state index contributed by atoms with van der Waals surface area (Å²) in [6, 6.07) is 10.3. The van der Waals surface area contributed by atoms with E-state index in [0.29, 0.717) is 12.1 Å². The summed E-state index contributed by atoms with van der Waals surface area (Å²) in [5.74, 6) is -1.01. The van der Waals surface area contributed by atoms with Crippen molar-refractivity contribution in [2.75, 3.05) is 5.32 Å². The van der Waals surface area contributed by atoms with Crippen molar-refractivity contribution in [1.82, 2.24) is 4.98 Å². The Bertz CT molecular complexity index is 625. The lowest BCUT2D eigenvalue weighted by molar-refractivity contribution is -0.122. The van der Waals surface area contributed by atoms with Crippen molar-refractivity contribution >= 4 is 11.6 Å². The topological polar surface area (TPSA) is 68.0 Å². The number of nitrogens with one attached hydrogen (secondary N) is 1. The molecule has 0 spiro atoms. The molecule has 2 rings (SSSR count). The zero-order valence-electron chi connectivity index (χ0n) is 12.1. The molecule has 0 saturated heterocycles. The number of carbonyl (C=O) groups excluding carboxylic acids is 1. The smallest absolute Gasteiger partial charge is 0.249 e. The van der Waals surface area contributed by atoms with Crippen molar-refractivity contribution in [2.45, 2.75) is 25.8 Å². The molecule has 0 fully saturated rings. The summed E-state index contributed by atoms with van der Waals surface area (Å²) in [5, 5.41) is 3.15. The lowest BCUT2D eigenvalue weighted by atomic mass is 9.90. The lowest BCUT2D eigenvalue weighted by Crippen LogP contribution is -2.48. The Morgan fingerprint density at radius 2 is 1.95 bits per heavy atom. The predicted octanol–water partition coefficient (Wildman–Crippen LogP) is 2.73. The molecule has 1 unspecified atom stereocenters. The first-order valence-corrected chi connectivity index (χ1v) is 6.74. The van der Waals surface area contributed by atoms with E-state index in [1.54, 1.807) is 0 Å². The van der Waals surface area contributed by atoms with Gasteiger partial charge in [0.25, 0.3) is 0 Å². The molecule has 1 aromatic carbocycles. The van der Waals surface area contributed by atoms with E-state index >= 15 is 0 Å². The summed E-state index contributed by atoms with van der Waals surface area (Å²) < 4.78 is 13.1. The molecule has 0 aliphatic carbocycles. The Kier molecular flexibility index (Phi) is 4.21. The maximum atomic E-state index is 13.1. The fourth-order valence-electron chi connectivity index (χ4n) is 2.21. The van der Waals surface area contributed by atoms with Gasteiger partial charge in [-0.2, -0.15) is 0 Å². The Labute approximate surface area is 123 Å². The van der Waals surface area contributed by atoms with Crippen molar-refractivity contribution in [3.8, 4) is 0 Å². The third kappa shape index (κ3) is 3.02. The van der Waals surface area contributed by atoms with Crippen LogP contribution < -0.4 is 11.1 Å². The van der Waals surface area contributed by atoms with Gasteiger partial charge in [-0.05, 0) is 37.6 Å². The highest BCUT2D eigenvalue weighted by molar-refractivity contribution is 5.88. The van der Waals surface area contributed by atoms with Gasteiger partial charge in [0.15, 0.2) is 5.54 Å². The van der Waals surface area contributed by atoms with Gasteiger partial charge in [0.2, 0.25) is 5.91 Å². The quantitative estimate of drug-likeness (QED) is 0.888. The molecular weight excluding hydrogens is 269 g/mol. The first-order valence-electron chi connectivity index (χ1n) is 6.74. The number of aromatic nitrogens is 1. The monoisotopic (exact) mass is 287 g/mol. The summed E-state index contributed by atoms with van der Waals surface area (Å²) in [4.78, 5) is 16.1. The average Bonchev–Trinajstić information content (AvgIpc) is 2.47. The second-order valence-corrected chi connectivity index (χ2v) is 4.98. The maximum absolute atomic E-state index is 13.1. The number of hydrogen-bond donors (Lipinski definition) is 2. The molecule has 1 atom stereocenters. The largest absolute Gasteiger partial charge is 0.367 e. The minimum Gasteiger partial charge on any atom is -0.367 e. The number of nitrogens with two attached hydrogens (primary N) is 1. The van der Waals surface area contributed by atoms with Gasteiger partial charge in [-0.3, -0.25) is 9.78 Å². The third-order valence-corrected chi connectivity index (χ3v) is 3.52. The number of carbonyl (C=O) groups is 1. The Hall–Kier alpha value is -2.43. The van der Waals surface area contributed by atoms with Gasteiger partial charge in [-0.1, -0.05) is 24.6 Å². The Morgan fingerprint density at radius 1 is 1.29 bits per heavy atom. The number of halogens is 1. The number of benzene rings is 1. The fourth-order valence-corrected chi connectivity index (χ4v) is 2.21. The van der Waals surface area contributed by atoms with Crippen LogP contribution in [0.4, 0.5) is 10.1 Å². The number of nitrogens with zero attached hydrogens (tertiary/aromatic N) is 1. The highest BCUT2D eigenvalue weighted by Crippen LogP contribution is 2.28. The fraction of sp³-hybridized carbons (Fsp3) is 0.250. The second-order valence-electron chi connectivity index (χ2n) is 4.98. The zero-order chi connectivity index (χ0) is 15.5. The van der Waals surface area contributed by atoms with E-state index in [0.717, 1.165) is 17.4 Å². The molecular formula is C16H18FN3O. The summed E-state index contributed by atoms with van der Waals surface area (Å²) >= 11 is 0. The van der Waals surface area contributed by atoms with Gasteiger partial charge in [-0.15, -0.1) is 0 Å². The van der Waals surface area contributed by atoms with Crippen LogP contribution in [0.5, 0.6) is 0 Å². The minimum atomic E-state index is -1.16. The highest BCUT2D eigenvalue weighted by Gasteiger charge is 2.38. The predicted molar refractivity (Wildman–Crippen MR) is 80.2 cm³/mol. The first-order chi connectivity index (χ1) is 9.98. The van der Waals surface area contributed by atoms with Crippen LogP contribution in [0.1, 0.15) is 24.6 Å². The third-order valence-electron chi connectivity index (χ3n) is 3.52. The van der Waals surface area contributed by atoms with Gasteiger partial charge in [0, 0.05) is 5.69 Å². The summed E-state index contributed by atoms with van der Waals surface area (Å²) in [7, 11) is 0. The van der Waals surface area contributed by atoms with E-state index in [4.69, 9.17) is 5.73 Å². The van der Waals surface area contributed by atoms with Crippen LogP contribution in [-0.2, 0) is 10.3 Å². The molecule has 0 bridgehead atoms. The number of amides is 1. The molecule has 0 radical (unpaired) electrons. The normalized spacial score (nSPS) is 13.5. The standard InChI is InChI=1S/C16H18FN3O/c1-3-16(15(18)21,14-9-6-12(17)10-19-14)20-13-7-4-11(2)5-8-13/h4-10,20H,3H2,1-2H3,(H2,18,21). The van der Waals surface area contributed by atoms with Gasteiger partial charge < -0.3 is 11.1 Å². The van der Waals surface area contributed by atoms with E-state index in [-0.39, 0.29) is 0 Å². The van der Waals surface area contributed by atoms with Gasteiger partial charge in [-0.25, -0.2) is 4.39 Å². The maximum Gasteiger partial charge on any atom is 0.249 e. The minimum absolute atomic E-state index is 0.398. The lowest BCUT2D eigenvalue weighted by Gasteiger charge is -2.31. The van der Waals surface area contributed by atoms with Gasteiger partial charge >= 0.3 is 0 Å². The first kappa shape index (κ1) is 15.0. The molecule has 1 heterocycles. The van der Waals surface area contributed by atoms with Crippen molar-refractivity contribution in [1.29, 1.82) is 0 Å². The molecule has 4 nitrogen and oxygen atoms in total. The van der Waals surface area contributed by atoms with E-state index < -0.39 is 17.3 Å². The van der Waals surface area contributed by atoms with E-state index in [9.17, 15) is 9.18 Å². The Balaban J connectivity index is 2.44. The average molecular weight is 287 g/mol. The summed E-state index contributed by atoms with van der Waals surface area (Å²) in [6.07, 6.45) is 1.48. The molecule has 1 aromatic heterocycles. The number of aryl methyl sites for hydroxylation is 1. The van der Waals surface area contributed by atoms with Gasteiger partial charge in [0.05, 0.1) is 11.9 Å². The number of rotatable bonds is 5. The summed E-state index contributed by atoms with van der Waals surface area (Å²) in [6.45, 7) is 3.81. The zero-order valence-corrected chi connectivity index (χ0v) is 12.1. The molecule has 2 aromatic rings.